The van der Waals surface area contributed by atoms with E-state index >= 15 is 0 Å². The van der Waals surface area contributed by atoms with Crippen LogP contribution in [0.3, 0.4) is 0 Å². The van der Waals surface area contributed by atoms with Crippen LogP contribution in [0.1, 0.15) is 10.4 Å². The Labute approximate surface area is 121 Å². The molecular formula is C15H14N4O2. The van der Waals surface area contributed by atoms with Crippen molar-refractivity contribution in [3.63, 3.8) is 0 Å². The van der Waals surface area contributed by atoms with Crippen LogP contribution < -0.4 is 11.3 Å². The van der Waals surface area contributed by atoms with Crippen molar-refractivity contribution >= 4 is 5.91 Å². The summed E-state index contributed by atoms with van der Waals surface area (Å²) >= 11 is 0. The second-order valence-corrected chi connectivity index (χ2v) is 3.95. The summed E-state index contributed by atoms with van der Waals surface area (Å²) in [5.74, 6) is 5.20. The van der Waals surface area contributed by atoms with Gasteiger partial charge in [-0.15, -0.1) is 10.2 Å². The highest BCUT2D eigenvalue weighted by atomic mass is 16.4. The van der Waals surface area contributed by atoms with Gasteiger partial charge in [0.25, 0.3) is 5.91 Å². The third-order valence-electron chi connectivity index (χ3n) is 2.55. The fourth-order valence-electron chi connectivity index (χ4n) is 1.55. The zero-order valence-electron chi connectivity index (χ0n) is 11.1. The van der Waals surface area contributed by atoms with Crippen LogP contribution in [0.4, 0.5) is 0 Å². The molecule has 3 N–H and O–H groups in total. The number of carbonyl (C=O) groups excluding carboxylic acids is 1. The van der Waals surface area contributed by atoms with Gasteiger partial charge in [0.15, 0.2) is 0 Å². The Kier molecular flexibility index (Phi) is 5.19. The summed E-state index contributed by atoms with van der Waals surface area (Å²) in [6, 6.07) is 18.5. The molecular weight excluding hydrogens is 268 g/mol. The molecule has 6 nitrogen and oxygen atoms in total. The van der Waals surface area contributed by atoms with Gasteiger partial charge in [-0.25, -0.2) is 5.84 Å². The van der Waals surface area contributed by atoms with E-state index in [4.69, 9.17) is 10.3 Å². The quantitative estimate of drug-likeness (QED) is 0.426. The summed E-state index contributed by atoms with van der Waals surface area (Å²) < 4.78 is 5.00. The molecule has 0 bridgehead atoms. The van der Waals surface area contributed by atoms with E-state index in [1.807, 2.05) is 41.8 Å². The zero-order valence-corrected chi connectivity index (χ0v) is 11.1. The van der Waals surface area contributed by atoms with Crippen molar-refractivity contribution < 1.29 is 9.21 Å². The lowest BCUT2D eigenvalue weighted by atomic mass is 10.2. The molecule has 6 heteroatoms. The van der Waals surface area contributed by atoms with Crippen LogP contribution >= 0.6 is 0 Å². The highest BCUT2D eigenvalue weighted by molar-refractivity contribution is 5.93. The normalized spacial score (nSPS) is 9.38. The SMILES string of the molecule is NNC(=O)c1ccccc1.c1ccc(-c2nnco2)cc1. The number of carbonyl (C=O) groups is 1. The van der Waals surface area contributed by atoms with Crippen molar-refractivity contribution in [3.05, 3.63) is 72.6 Å². The fourth-order valence-corrected chi connectivity index (χ4v) is 1.55. The zero-order chi connectivity index (χ0) is 14.9. The third-order valence-corrected chi connectivity index (χ3v) is 2.55. The predicted octanol–water partition coefficient (Wildman–Crippen LogP) is 2.03. The first kappa shape index (κ1) is 14.4. The van der Waals surface area contributed by atoms with E-state index in [0.29, 0.717) is 11.5 Å². The van der Waals surface area contributed by atoms with Crippen LogP contribution in [0.5, 0.6) is 0 Å². The number of benzene rings is 2. The molecule has 0 atom stereocenters. The van der Waals surface area contributed by atoms with E-state index in [2.05, 4.69) is 10.2 Å². The van der Waals surface area contributed by atoms with Gasteiger partial charge in [0.1, 0.15) is 0 Å². The van der Waals surface area contributed by atoms with Crippen LogP contribution in [0.2, 0.25) is 0 Å². The fraction of sp³-hybridized carbons (Fsp3) is 0. The minimum absolute atomic E-state index is 0.263. The highest BCUT2D eigenvalue weighted by Gasteiger charge is 1.99. The summed E-state index contributed by atoms with van der Waals surface area (Å²) in [6.07, 6.45) is 1.32. The van der Waals surface area contributed by atoms with Crippen LogP contribution in [-0.2, 0) is 0 Å². The van der Waals surface area contributed by atoms with E-state index in [1.165, 1.54) is 6.39 Å². The van der Waals surface area contributed by atoms with E-state index in [-0.39, 0.29) is 5.91 Å². The first-order valence-corrected chi connectivity index (χ1v) is 6.19. The van der Waals surface area contributed by atoms with Crippen LogP contribution in [0, 0.1) is 0 Å². The molecule has 106 valence electrons. The van der Waals surface area contributed by atoms with Crippen molar-refractivity contribution in [1.82, 2.24) is 15.6 Å². The lowest BCUT2D eigenvalue weighted by Crippen LogP contribution is -2.29. The van der Waals surface area contributed by atoms with Gasteiger partial charge in [-0.3, -0.25) is 10.2 Å². The minimum Gasteiger partial charge on any atom is -0.423 e. The Bertz CT molecular complexity index is 655. The predicted molar refractivity (Wildman–Crippen MR) is 77.8 cm³/mol. The maximum absolute atomic E-state index is 10.8. The average Bonchev–Trinajstić information content (AvgIpc) is 3.11. The van der Waals surface area contributed by atoms with Gasteiger partial charge < -0.3 is 4.42 Å². The number of rotatable bonds is 2. The summed E-state index contributed by atoms with van der Waals surface area (Å²) in [7, 11) is 0. The van der Waals surface area contributed by atoms with Crippen molar-refractivity contribution in [2.45, 2.75) is 0 Å². The number of nitrogens with two attached hydrogens (primary N) is 1. The lowest BCUT2D eigenvalue weighted by Gasteiger charge is -1.95. The van der Waals surface area contributed by atoms with Crippen LogP contribution in [0.15, 0.2) is 71.5 Å². The van der Waals surface area contributed by atoms with Gasteiger partial charge in [0.2, 0.25) is 12.3 Å². The monoisotopic (exact) mass is 282 g/mol. The van der Waals surface area contributed by atoms with Crippen LogP contribution in [0.25, 0.3) is 11.5 Å². The molecule has 3 rings (SSSR count). The first-order valence-electron chi connectivity index (χ1n) is 6.19. The Morgan fingerprint density at radius 3 is 2.14 bits per heavy atom. The van der Waals surface area contributed by atoms with Gasteiger partial charge in [-0.05, 0) is 24.3 Å². The van der Waals surface area contributed by atoms with Gasteiger partial charge in [0, 0.05) is 11.1 Å². The lowest BCUT2D eigenvalue weighted by molar-refractivity contribution is 0.0953. The molecule has 1 heterocycles. The van der Waals surface area contributed by atoms with E-state index in [9.17, 15) is 4.79 Å². The standard InChI is InChI=1S/C8H6N2O.C7H8N2O/c1-2-4-7(5-3-1)8-10-9-6-11-8;8-9-7(10)6-4-2-1-3-5-6/h1-6H;1-5H,8H2,(H,9,10). The number of amides is 1. The van der Waals surface area contributed by atoms with Crippen LogP contribution in [-0.4, -0.2) is 16.1 Å². The molecule has 21 heavy (non-hydrogen) atoms. The maximum Gasteiger partial charge on any atom is 0.265 e. The number of nitrogens with one attached hydrogen (secondary N) is 1. The molecule has 0 aliphatic carbocycles. The topological polar surface area (TPSA) is 94.0 Å². The minimum atomic E-state index is -0.263. The molecule has 0 spiro atoms. The molecule has 1 aromatic heterocycles. The van der Waals surface area contributed by atoms with E-state index in [1.54, 1.807) is 24.3 Å². The number of hydrogen-bond donors (Lipinski definition) is 2. The molecule has 1 amide bonds. The number of nitrogen functional groups attached to an aromatic ring is 1. The van der Waals surface area contributed by atoms with Crippen molar-refractivity contribution in [2.75, 3.05) is 0 Å². The van der Waals surface area contributed by atoms with Gasteiger partial charge >= 0.3 is 0 Å². The average molecular weight is 282 g/mol. The van der Waals surface area contributed by atoms with Crippen molar-refractivity contribution in [3.8, 4) is 11.5 Å². The molecule has 0 fully saturated rings. The molecule has 0 saturated heterocycles. The van der Waals surface area contributed by atoms with Gasteiger partial charge in [-0.2, -0.15) is 0 Å². The number of nitrogens with zero attached hydrogens (tertiary/aromatic N) is 2. The molecule has 0 radical (unpaired) electrons. The molecule has 0 aliphatic rings. The first-order chi connectivity index (χ1) is 10.3. The molecule has 0 unspecified atom stereocenters. The number of aromatic nitrogens is 2. The van der Waals surface area contributed by atoms with E-state index < -0.39 is 0 Å². The number of hydrazine groups is 1. The summed E-state index contributed by atoms with van der Waals surface area (Å²) in [6.45, 7) is 0. The Morgan fingerprint density at radius 2 is 1.62 bits per heavy atom. The van der Waals surface area contributed by atoms with Crippen molar-refractivity contribution in [1.29, 1.82) is 0 Å². The second-order valence-electron chi connectivity index (χ2n) is 3.95. The van der Waals surface area contributed by atoms with Gasteiger partial charge in [-0.1, -0.05) is 36.4 Å². The molecule has 2 aromatic carbocycles. The maximum atomic E-state index is 10.8. The summed E-state index contributed by atoms with van der Waals surface area (Å²) in [4.78, 5) is 10.8. The largest absolute Gasteiger partial charge is 0.423 e. The van der Waals surface area contributed by atoms with Crippen molar-refractivity contribution in [2.24, 2.45) is 5.84 Å². The second kappa shape index (κ2) is 7.56. The molecule has 3 aromatic rings. The summed E-state index contributed by atoms with van der Waals surface area (Å²) in [5.41, 5.74) is 3.57. The Morgan fingerprint density at radius 1 is 1.00 bits per heavy atom. The highest BCUT2D eigenvalue weighted by Crippen LogP contribution is 2.13. The Hall–Kier alpha value is -2.99. The number of hydrogen-bond acceptors (Lipinski definition) is 5. The molecule has 0 saturated carbocycles. The van der Waals surface area contributed by atoms with Gasteiger partial charge in [0.05, 0.1) is 0 Å². The smallest absolute Gasteiger partial charge is 0.265 e. The molecule has 0 aliphatic heterocycles. The third kappa shape index (κ3) is 4.26. The Balaban J connectivity index is 0.000000155. The van der Waals surface area contributed by atoms with E-state index in [0.717, 1.165) is 5.56 Å². The summed E-state index contributed by atoms with van der Waals surface area (Å²) in [5, 5.41) is 7.35.